The first-order chi connectivity index (χ1) is 9.60. The van der Waals surface area contributed by atoms with Crippen LogP contribution in [0.5, 0.6) is 0 Å². The summed E-state index contributed by atoms with van der Waals surface area (Å²) in [7, 11) is 1.80. The van der Waals surface area contributed by atoms with Gasteiger partial charge in [-0.25, -0.2) is 4.79 Å². The van der Waals surface area contributed by atoms with Crippen molar-refractivity contribution in [1.82, 2.24) is 19.0 Å². The van der Waals surface area contributed by atoms with E-state index in [1.54, 1.807) is 11.9 Å². The summed E-state index contributed by atoms with van der Waals surface area (Å²) in [4.78, 5) is 13.7. The van der Waals surface area contributed by atoms with E-state index in [0.717, 1.165) is 23.0 Å². The van der Waals surface area contributed by atoms with Crippen LogP contribution in [0.15, 0.2) is 18.2 Å². The van der Waals surface area contributed by atoms with Gasteiger partial charge in [0.05, 0.1) is 11.7 Å². The first kappa shape index (κ1) is 14.7. The maximum atomic E-state index is 12.0. The lowest BCUT2D eigenvalue weighted by Crippen LogP contribution is -2.38. The minimum atomic E-state index is -0.0400. The van der Waals surface area contributed by atoms with Crippen molar-refractivity contribution in [3.05, 3.63) is 23.8 Å². The van der Waals surface area contributed by atoms with Crippen LogP contribution in [0.4, 0.5) is 4.79 Å². The predicted molar refractivity (Wildman–Crippen MR) is 81.7 cm³/mol. The smallest absolute Gasteiger partial charge is 0.317 e. The molecule has 0 aliphatic carbocycles. The number of nitrogens with zero attached hydrogens (tertiary/aromatic N) is 3. The largest absolute Gasteiger partial charge is 0.338 e. The third-order valence-corrected chi connectivity index (χ3v) is 3.94. The van der Waals surface area contributed by atoms with E-state index in [2.05, 4.69) is 27.9 Å². The molecule has 6 heteroatoms. The van der Waals surface area contributed by atoms with E-state index in [9.17, 15) is 4.79 Å². The summed E-state index contributed by atoms with van der Waals surface area (Å²) in [6.07, 6.45) is 1.07. The fraction of sp³-hybridized carbons (Fsp3) is 0.500. The minimum absolute atomic E-state index is 0.0400. The van der Waals surface area contributed by atoms with Gasteiger partial charge in [0.25, 0.3) is 0 Å². The Balaban J connectivity index is 1.92. The van der Waals surface area contributed by atoms with Crippen molar-refractivity contribution in [2.45, 2.75) is 26.8 Å². The fourth-order valence-corrected chi connectivity index (χ4v) is 2.33. The fourth-order valence-electron chi connectivity index (χ4n) is 1.81. The molecule has 5 nitrogen and oxygen atoms in total. The van der Waals surface area contributed by atoms with Crippen LogP contribution < -0.4 is 5.32 Å². The van der Waals surface area contributed by atoms with Crippen molar-refractivity contribution in [2.24, 2.45) is 5.92 Å². The second kappa shape index (κ2) is 6.65. The number of hydrogen-bond acceptors (Lipinski definition) is 4. The number of carbonyl (C=O) groups excluding carboxylic acids is 1. The Morgan fingerprint density at radius 1 is 1.40 bits per heavy atom. The van der Waals surface area contributed by atoms with Gasteiger partial charge in [-0.15, -0.1) is 0 Å². The maximum absolute atomic E-state index is 12.0. The highest BCUT2D eigenvalue weighted by Crippen LogP contribution is 2.14. The zero-order chi connectivity index (χ0) is 14.5. The number of fused-ring (bicyclic) bond motifs is 1. The number of hydrogen-bond donors (Lipinski definition) is 1. The lowest BCUT2D eigenvalue weighted by atomic mass is 10.1. The van der Waals surface area contributed by atoms with E-state index in [4.69, 9.17) is 0 Å². The number of benzene rings is 1. The zero-order valence-corrected chi connectivity index (χ0v) is 12.9. The Hall–Kier alpha value is -1.69. The number of carbonyl (C=O) groups is 1. The van der Waals surface area contributed by atoms with Gasteiger partial charge < -0.3 is 10.2 Å². The van der Waals surface area contributed by atoms with Gasteiger partial charge >= 0.3 is 6.03 Å². The van der Waals surface area contributed by atoms with E-state index in [0.29, 0.717) is 19.0 Å². The van der Waals surface area contributed by atoms with Crippen molar-refractivity contribution in [2.75, 3.05) is 13.6 Å². The molecule has 1 heterocycles. The Bertz CT molecular complexity index is 583. The molecule has 20 heavy (non-hydrogen) atoms. The highest BCUT2D eigenvalue weighted by atomic mass is 32.1. The van der Waals surface area contributed by atoms with E-state index >= 15 is 0 Å². The monoisotopic (exact) mass is 292 g/mol. The molecular weight excluding hydrogens is 272 g/mol. The van der Waals surface area contributed by atoms with Crippen molar-refractivity contribution in [1.29, 1.82) is 0 Å². The van der Waals surface area contributed by atoms with Gasteiger partial charge in [0.15, 0.2) is 0 Å². The van der Waals surface area contributed by atoms with E-state index in [1.165, 1.54) is 11.7 Å². The SMILES string of the molecule is CC[C@@H](C)CNC(=O)N(C)Cc1ccc2nsnc2c1. The summed E-state index contributed by atoms with van der Waals surface area (Å²) in [5.41, 5.74) is 2.86. The molecule has 0 aliphatic heterocycles. The lowest BCUT2D eigenvalue weighted by molar-refractivity contribution is 0.205. The summed E-state index contributed by atoms with van der Waals surface area (Å²) >= 11 is 1.21. The highest BCUT2D eigenvalue weighted by molar-refractivity contribution is 7.00. The average molecular weight is 292 g/mol. The second-order valence-corrected chi connectivity index (χ2v) is 5.67. The first-order valence-electron chi connectivity index (χ1n) is 6.80. The van der Waals surface area contributed by atoms with Crippen molar-refractivity contribution in [3.63, 3.8) is 0 Å². The van der Waals surface area contributed by atoms with Crippen molar-refractivity contribution < 1.29 is 4.79 Å². The summed E-state index contributed by atoms with van der Waals surface area (Å²) in [6.45, 7) is 5.54. The number of amides is 2. The number of nitrogens with one attached hydrogen (secondary N) is 1. The van der Waals surface area contributed by atoms with Gasteiger partial charge in [0, 0.05) is 20.1 Å². The molecule has 2 rings (SSSR count). The van der Waals surface area contributed by atoms with Gasteiger partial charge in [-0.1, -0.05) is 26.3 Å². The van der Waals surface area contributed by atoms with Crippen LogP contribution >= 0.6 is 11.7 Å². The van der Waals surface area contributed by atoms with Crippen LogP contribution in [-0.2, 0) is 6.54 Å². The topological polar surface area (TPSA) is 58.1 Å². The number of aromatic nitrogens is 2. The molecule has 1 aromatic carbocycles. The molecule has 0 aliphatic rings. The molecule has 108 valence electrons. The Labute approximate surface area is 123 Å². The molecule has 0 fully saturated rings. The number of urea groups is 1. The van der Waals surface area contributed by atoms with Crippen LogP contribution in [0.1, 0.15) is 25.8 Å². The molecule has 1 aromatic heterocycles. The van der Waals surface area contributed by atoms with Gasteiger partial charge in [-0.3, -0.25) is 0 Å². The van der Waals surface area contributed by atoms with Crippen LogP contribution in [-0.4, -0.2) is 33.3 Å². The summed E-state index contributed by atoms with van der Waals surface area (Å²) < 4.78 is 8.38. The van der Waals surface area contributed by atoms with Crippen molar-refractivity contribution in [3.8, 4) is 0 Å². The Morgan fingerprint density at radius 3 is 2.90 bits per heavy atom. The quantitative estimate of drug-likeness (QED) is 0.922. The lowest BCUT2D eigenvalue weighted by Gasteiger charge is -2.19. The zero-order valence-electron chi connectivity index (χ0n) is 12.1. The van der Waals surface area contributed by atoms with E-state index in [-0.39, 0.29) is 6.03 Å². The molecule has 0 spiro atoms. The van der Waals surface area contributed by atoms with Crippen LogP contribution in [0.2, 0.25) is 0 Å². The normalized spacial score (nSPS) is 12.3. The number of rotatable bonds is 5. The van der Waals surface area contributed by atoms with Crippen LogP contribution in [0.3, 0.4) is 0 Å². The molecule has 1 atom stereocenters. The standard InChI is InChI=1S/C14H20N4OS/c1-4-10(2)8-15-14(19)18(3)9-11-5-6-12-13(7-11)17-20-16-12/h5-7,10H,4,8-9H2,1-3H3,(H,15,19)/t10-/m1/s1. The van der Waals surface area contributed by atoms with Gasteiger partial charge in [0.1, 0.15) is 11.0 Å². The Morgan fingerprint density at radius 2 is 2.15 bits per heavy atom. The Kier molecular flexibility index (Phi) is 4.89. The molecule has 2 aromatic rings. The molecule has 1 N–H and O–H groups in total. The van der Waals surface area contributed by atoms with Crippen LogP contribution in [0.25, 0.3) is 11.0 Å². The molecule has 0 saturated carbocycles. The van der Waals surface area contributed by atoms with E-state index in [1.807, 2.05) is 18.2 Å². The molecule has 2 amide bonds. The third-order valence-electron chi connectivity index (χ3n) is 3.38. The highest BCUT2D eigenvalue weighted by Gasteiger charge is 2.10. The van der Waals surface area contributed by atoms with Gasteiger partial charge in [-0.2, -0.15) is 8.75 Å². The summed E-state index contributed by atoms with van der Waals surface area (Å²) in [6, 6.07) is 5.88. The minimum Gasteiger partial charge on any atom is -0.338 e. The van der Waals surface area contributed by atoms with Crippen LogP contribution in [0, 0.1) is 5.92 Å². The molecule has 0 bridgehead atoms. The summed E-state index contributed by atoms with van der Waals surface area (Å²) in [5, 5.41) is 2.95. The molecular formula is C14H20N4OS. The third kappa shape index (κ3) is 3.66. The van der Waals surface area contributed by atoms with Gasteiger partial charge in [0.2, 0.25) is 0 Å². The average Bonchev–Trinajstić information content (AvgIpc) is 2.91. The molecule has 0 saturated heterocycles. The van der Waals surface area contributed by atoms with E-state index < -0.39 is 0 Å². The second-order valence-electron chi connectivity index (χ2n) is 5.14. The molecule has 0 unspecified atom stereocenters. The predicted octanol–water partition coefficient (Wildman–Crippen LogP) is 2.88. The van der Waals surface area contributed by atoms with Crippen molar-refractivity contribution >= 4 is 28.8 Å². The molecule has 0 radical (unpaired) electrons. The maximum Gasteiger partial charge on any atom is 0.317 e. The first-order valence-corrected chi connectivity index (χ1v) is 7.53. The summed E-state index contributed by atoms with van der Waals surface area (Å²) in [5.74, 6) is 0.504. The van der Waals surface area contributed by atoms with Gasteiger partial charge in [-0.05, 0) is 23.6 Å².